The van der Waals surface area contributed by atoms with Crippen molar-refractivity contribution < 1.29 is 0 Å². The van der Waals surface area contributed by atoms with Crippen LogP contribution in [-0.4, -0.2) is 11.8 Å². The molecule has 67 heavy (non-hydrogen) atoms. The zero-order valence-electron chi connectivity index (χ0n) is 42.5. The summed E-state index contributed by atoms with van der Waals surface area (Å²) in [7, 11) is 0.856. The monoisotopic (exact) mass is 875 g/mol. The fourth-order valence-electron chi connectivity index (χ4n) is 13.3. The normalized spacial score (nSPS) is 17.6. The maximum atomic E-state index is 4.15. The quantitative estimate of drug-likeness (QED) is 0.175. The van der Waals surface area contributed by atoms with Crippen LogP contribution >= 0.6 is 0 Å². The second kappa shape index (κ2) is 13.5. The molecule has 0 unspecified atom stereocenters. The number of nitrogens with zero attached hydrogens (tertiary/aromatic N) is 1. The molecule has 336 valence electrons. The van der Waals surface area contributed by atoms with Gasteiger partial charge in [0.25, 0.3) is 0 Å². The first-order valence-corrected chi connectivity index (χ1v) is 25.1. The summed E-state index contributed by atoms with van der Waals surface area (Å²) in [5.74, 6) is 0. The molecule has 3 heteroatoms. The third-order valence-corrected chi connectivity index (χ3v) is 17.3. The molecule has 2 nitrogen and oxygen atoms in total. The van der Waals surface area contributed by atoms with Gasteiger partial charge in [0, 0.05) is 49.7 Å². The van der Waals surface area contributed by atoms with Crippen LogP contribution in [0, 0.1) is 0 Å². The fourth-order valence-corrected chi connectivity index (χ4v) is 13.3. The summed E-state index contributed by atoms with van der Waals surface area (Å²) in [4.78, 5) is 0. The Bertz CT molecular complexity index is 3460. The fraction of sp³-hybridized carbons (Fsp3) is 0.344. The Balaban J connectivity index is 1.26. The van der Waals surface area contributed by atoms with Gasteiger partial charge in [0.15, 0.2) is 7.28 Å². The Hall–Kier alpha value is -5.80. The maximum Gasteiger partial charge on any atom is 0.198 e. The van der Waals surface area contributed by atoms with Crippen LogP contribution in [-0.2, 0) is 32.5 Å². The second-order valence-electron chi connectivity index (χ2n) is 25.4. The molecule has 0 atom stereocenters. The Labute approximate surface area is 400 Å². The highest BCUT2D eigenvalue weighted by molar-refractivity contribution is 6.74. The molecule has 4 aliphatic rings. The lowest BCUT2D eigenvalue weighted by Gasteiger charge is -2.43. The van der Waals surface area contributed by atoms with Crippen molar-refractivity contribution in [1.82, 2.24) is 4.57 Å². The van der Waals surface area contributed by atoms with Crippen LogP contribution in [0.25, 0.3) is 60.9 Å². The lowest BCUT2D eigenvalue weighted by Crippen LogP contribution is -2.39. The summed E-state index contributed by atoms with van der Waals surface area (Å²) in [6.45, 7) is 33.8. The molecule has 7 aromatic carbocycles. The van der Waals surface area contributed by atoms with Crippen molar-refractivity contribution in [3.8, 4) is 39.1 Å². The SMILES string of the molecule is CC(C)(C)c1ccc(Nc2cc3c(cc2-c2c4c(c5c6cc(C(C)(C)C)ccc6n6c5c2Bc2cc5c(cc2-6)-c2ccccc2C5(C)C)-c2ccccc2C4(C)C)C(C)(C)CCC3(C)C)cc1. The molecule has 1 aromatic heterocycles. The van der Waals surface area contributed by atoms with Gasteiger partial charge in [0.05, 0.1) is 5.52 Å². The standard InChI is InChI=1S/C64H67BN2/c1-59(2,3)36-23-26-38(27-24-36)66-50-35-48-47(61(7,8)29-30-62(48,9)10)32-42(50)55-56-53(40-20-16-18-22-45(40)64(56,13)14)54-43-31-37(60(4,5)6)25-28-51(43)67-52-33-41-39-19-15-17-21-44(39)63(11,12)46(41)34-49(52)65-57(55)58(54)67/h15-28,31-35,65-66H,29-30H2,1-14H3. The lowest BCUT2D eigenvalue weighted by molar-refractivity contribution is 0.332. The van der Waals surface area contributed by atoms with Crippen LogP contribution < -0.4 is 16.2 Å². The number of anilines is 2. The third-order valence-electron chi connectivity index (χ3n) is 17.3. The van der Waals surface area contributed by atoms with E-state index in [1.807, 2.05) is 0 Å². The summed E-state index contributed by atoms with van der Waals surface area (Å²) in [6.07, 6.45) is 2.33. The Morgan fingerprint density at radius 2 is 1.12 bits per heavy atom. The molecule has 0 bridgehead atoms. The van der Waals surface area contributed by atoms with Gasteiger partial charge in [-0.3, -0.25) is 0 Å². The van der Waals surface area contributed by atoms with E-state index in [0.717, 1.165) is 19.4 Å². The van der Waals surface area contributed by atoms with Crippen molar-refractivity contribution in [3.05, 3.63) is 160 Å². The lowest BCUT2D eigenvalue weighted by atomic mass is 9.56. The summed E-state index contributed by atoms with van der Waals surface area (Å²) < 4.78 is 2.71. The maximum absolute atomic E-state index is 4.15. The van der Waals surface area contributed by atoms with Gasteiger partial charge in [-0.15, -0.1) is 0 Å². The summed E-state index contributed by atoms with van der Waals surface area (Å²) >= 11 is 0. The summed E-state index contributed by atoms with van der Waals surface area (Å²) in [5, 5.41) is 6.92. The van der Waals surface area contributed by atoms with E-state index in [-0.39, 0.29) is 32.5 Å². The van der Waals surface area contributed by atoms with Crippen LogP contribution in [0.1, 0.15) is 154 Å². The molecule has 0 amide bonds. The van der Waals surface area contributed by atoms with Crippen LogP contribution in [0.5, 0.6) is 0 Å². The molecular formula is C64H67BN2. The van der Waals surface area contributed by atoms with Gasteiger partial charge in [-0.2, -0.15) is 0 Å². The van der Waals surface area contributed by atoms with Crippen LogP contribution in [0.3, 0.4) is 0 Å². The van der Waals surface area contributed by atoms with E-state index in [2.05, 4.69) is 222 Å². The first kappa shape index (κ1) is 42.6. The average Bonchev–Trinajstić information content (AvgIpc) is 3.82. The first-order valence-electron chi connectivity index (χ1n) is 25.1. The van der Waals surface area contributed by atoms with Crippen molar-refractivity contribution >= 4 is 51.4 Å². The topological polar surface area (TPSA) is 17.0 Å². The second-order valence-corrected chi connectivity index (χ2v) is 25.4. The predicted molar refractivity (Wildman–Crippen MR) is 290 cm³/mol. The molecule has 0 radical (unpaired) electrons. The van der Waals surface area contributed by atoms with Crippen molar-refractivity contribution in [3.63, 3.8) is 0 Å². The molecule has 2 heterocycles. The van der Waals surface area contributed by atoms with Gasteiger partial charge in [0.2, 0.25) is 0 Å². The Kier molecular flexibility index (Phi) is 8.55. The molecule has 1 aliphatic heterocycles. The molecular weight excluding hydrogens is 808 g/mol. The first-order chi connectivity index (χ1) is 31.5. The molecule has 3 aliphatic carbocycles. The van der Waals surface area contributed by atoms with Crippen molar-refractivity contribution in [2.75, 3.05) is 5.32 Å². The molecule has 8 aromatic rings. The Morgan fingerprint density at radius 3 is 1.78 bits per heavy atom. The van der Waals surface area contributed by atoms with Crippen molar-refractivity contribution in [2.45, 2.75) is 142 Å². The predicted octanol–water partition coefficient (Wildman–Crippen LogP) is 15.5. The molecule has 12 rings (SSSR count). The van der Waals surface area contributed by atoms with Crippen LogP contribution in [0.4, 0.5) is 11.4 Å². The number of fused-ring (bicyclic) bond motifs is 13. The minimum Gasteiger partial charge on any atom is -0.355 e. The van der Waals surface area contributed by atoms with E-state index in [4.69, 9.17) is 0 Å². The average molecular weight is 875 g/mol. The number of rotatable bonds is 3. The Morgan fingerprint density at radius 1 is 0.522 bits per heavy atom. The van der Waals surface area contributed by atoms with E-state index in [1.165, 1.54) is 128 Å². The number of nitrogens with one attached hydrogen (secondary N) is 1. The van der Waals surface area contributed by atoms with Gasteiger partial charge in [0.1, 0.15) is 0 Å². The summed E-state index contributed by atoms with van der Waals surface area (Å²) in [6, 6.07) is 45.6. The van der Waals surface area contributed by atoms with E-state index < -0.39 is 0 Å². The van der Waals surface area contributed by atoms with E-state index >= 15 is 0 Å². The highest BCUT2D eigenvalue weighted by Crippen LogP contribution is 2.59. The van der Waals surface area contributed by atoms with E-state index in [1.54, 1.807) is 0 Å². The van der Waals surface area contributed by atoms with Gasteiger partial charge in [-0.1, -0.05) is 175 Å². The molecule has 0 saturated carbocycles. The van der Waals surface area contributed by atoms with Gasteiger partial charge < -0.3 is 9.88 Å². The van der Waals surface area contributed by atoms with Gasteiger partial charge >= 0.3 is 0 Å². The number of aromatic nitrogens is 1. The zero-order chi connectivity index (χ0) is 47.1. The van der Waals surface area contributed by atoms with Crippen molar-refractivity contribution in [1.29, 1.82) is 0 Å². The zero-order valence-corrected chi connectivity index (χ0v) is 42.5. The number of benzene rings is 7. The van der Waals surface area contributed by atoms with Gasteiger partial charge in [-0.05, 0) is 155 Å². The number of hydrogen-bond acceptors (Lipinski definition) is 1. The van der Waals surface area contributed by atoms with Crippen molar-refractivity contribution in [2.24, 2.45) is 0 Å². The molecule has 0 fully saturated rings. The van der Waals surface area contributed by atoms with E-state index in [0.29, 0.717) is 0 Å². The third kappa shape index (κ3) is 5.88. The largest absolute Gasteiger partial charge is 0.355 e. The number of hydrogen-bond donors (Lipinski definition) is 1. The van der Waals surface area contributed by atoms with E-state index in [9.17, 15) is 0 Å². The molecule has 0 spiro atoms. The minimum absolute atomic E-state index is 0.00466. The van der Waals surface area contributed by atoms with Crippen LogP contribution in [0.15, 0.2) is 115 Å². The van der Waals surface area contributed by atoms with Gasteiger partial charge in [-0.25, -0.2) is 0 Å². The smallest absolute Gasteiger partial charge is 0.198 e. The van der Waals surface area contributed by atoms with Crippen LogP contribution in [0.2, 0.25) is 0 Å². The highest BCUT2D eigenvalue weighted by Gasteiger charge is 2.45. The summed E-state index contributed by atoms with van der Waals surface area (Å²) in [5.41, 5.74) is 28.6. The molecule has 0 saturated heterocycles. The molecule has 1 N–H and O–H groups in total. The minimum atomic E-state index is -0.264. The highest BCUT2D eigenvalue weighted by atomic mass is 15.0.